The van der Waals surface area contributed by atoms with Gasteiger partial charge in [-0.15, -0.1) is 0 Å². The van der Waals surface area contributed by atoms with E-state index in [0.29, 0.717) is 13.0 Å². The Morgan fingerprint density at radius 1 is 1.30 bits per heavy atom. The van der Waals surface area contributed by atoms with E-state index in [-0.39, 0.29) is 12.5 Å². The molecule has 1 aromatic rings. The smallest absolute Gasteiger partial charge is 0.325 e. The lowest BCUT2D eigenvalue weighted by molar-refractivity contribution is -0.134. The van der Waals surface area contributed by atoms with Gasteiger partial charge in [0.2, 0.25) is 5.91 Å². The van der Waals surface area contributed by atoms with Crippen LogP contribution in [-0.4, -0.2) is 48.5 Å². The molecule has 1 saturated heterocycles. The van der Waals surface area contributed by atoms with Crippen LogP contribution < -0.4 is 15.4 Å². The Balaban J connectivity index is 1.84. The summed E-state index contributed by atoms with van der Waals surface area (Å²) in [5.74, 6) is -0.0129. The molecule has 1 aromatic carbocycles. The minimum absolute atomic E-state index is 0.278. The van der Waals surface area contributed by atoms with Gasteiger partial charge in [-0.3, -0.25) is 14.5 Å². The second-order valence-corrected chi connectivity index (χ2v) is 5.86. The number of para-hydroxylation sites is 1. The maximum atomic E-state index is 12.0. The Morgan fingerprint density at radius 3 is 2.61 bits per heavy atom. The third-order valence-electron chi connectivity index (χ3n) is 3.66. The molecule has 7 heteroatoms. The predicted octanol–water partition coefficient (Wildman–Crippen LogP) is 0.684. The standard InChI is InChI=1S/C16H21N3O4/c1-16(2)14(21)19(15(22)18-16)10-13(20)17-9-8-11-6-4-5-7-12(11)23-3/h4-7H,8-10H2,1-3H3,(H,17,20)(H,18,22). The molecule has 0 bridgehead atoms. The molecule has 1 aliphatic rings. The van der Waals surface area contributed by atoms with E-state index in [1.807, 2.05) is 24.3 Å². The van der Waals surface area contributed by atoms with Crippen molar-refractivity contribution in [2.24, 2.45) is 0 Å². The molecule has 23 heavy (non-hydrogen) atoms. The number of imide groups is 1. The summed E-state index contributed by atoms with van der Waals surface area (Å²) in [6.07, 6.45) is 0.599. The van der Waals surface area contributed by atoms with Gasteiger partial charge in [0.15, 0.2) is 0 Å². The fraction of sp³-hybridized carbons (Fsp3) is 0.438. The number of hydrogen-bond donors (Lipinski definition) is 2. The van der Waals surface area contributed by atoms with Crippen molar-refractivity contribution in [3.8, 4) is 5.75 Å². The number of methoxy groups -OCH3 is 1. The van der Waals surface area contributed by atoms with Crippen LogP contribution >= 0.6 is 0 Å². The van der Waals surface area contributed by atoms with Crippen LogP contribution in [0.2, 0.25) is 0 Å². The maximum Gasteiger partial charge on any atom is 0.325 e. The highest BCUT2D eigenvalue weighted by molar-refractivity contribution is 6.08. The van der Waals surface area contributed by atoms with E-state index in [4.69, 9.17) is 4.74 Å². The Bertz CT molecular complexity index is 628. The van der Waals surface area contributed by atoms with Crippen LogP contribution in [0.1, 0.15) is 19.4 Å². The predicted molar refractivity (Wildman–Crippen MR) is 84.0 cm³/mol. The Labute approximate surface area is 135 Å². The minimum atomic E-state index is -0.964. The van der Waals surface area contributed by atoms with Crippen molar-refractivity contribution >= 4 is 17.8 Å². The third kappa shape index (κ3) is 3.80. The van der Waals surface area contributed by atoms with Gasteiger partial charge in [0.05, 0.1) is 7.11 Å². The molecule has 0 atom stereocenters. The van der Waals surface area contributed by atoms with Crippen molar-refractivity contribution in [2.45, 2.75) is 25.8 Å². The number of carbonyl (C=O) groups is 3. The number of rotatable bonds is 6. The summed E-state index contributed by atoms with van der Waals surface area (Å²) in [6, 6.07) is 7.01. The number of urea groups is 1. The molecule has 4 amide bonds. The number of ether oxygens (including phenoxy) is 1. The zero-order chi connectivity index (χ0) is 17.0. The van der Waals surface area contributed by atoms with Gasteiger partial charge < -0.3 is 15.4 Å². The maximum absolute atomic E-state index is 12.0. The van der Waals surface area contributed by atoms with Crippen molar-refractivity contribution in [1.29, 1.82) is 0 Å². The lowest BCUT2D eigenvalue weighted by atomic mass is 10.1. The molecule has 0 aliphatic carbocycles. The van der Waals surface area contributed by atoms with Crippen LogP contribution in [0.4, 0.5) is 4.79 Å². The molecule has 1 heterocycles. The number of nitrogens with zero attached hydrogens (tertiary/aromatic N) is 1. The largest absolute Gasteiger partial charge is 0.496 e. The van der Waals surface area contributed by atoms with Gasteiger partial charge in [-0.05, 0) is 31.9 Å². The average Bonchev–Trinajstić information content (AvgIpc) is 2.70. The van der Waals surface area contributed by atoms with Crippen molar-refractivity contribution in [3.63, 3.8) is 0 Å². The molecule has 0 unspecified atom stereocenters. The van der Waals surface area contributed by atoms with Crippen LogP contribution in [0.3, 0.4) is 0 Å². The fourth-order valence-corrected chi connectivity index (χ4v) is 2.41. The highest BCUT2D eigenvalue weighted by Gasteiger charge is 2.44. The highest BCUT2D eigenvalue weighted by Crippen LogP contribution is 2.17. The van der Waals surface area contributed by atoms with Crippen LogP contribution in [0, 0.1) is 0 Å². The number of benzene rings is 1. The van der Waals surface area contributed by atoms with E-state index in [2.05, 4.69) is 10.6 Å². The van der Waals surface area contributed by atoms with Crippen molar-refractivity contribution in [2.75, 3.05) is 20.2 Å². The molecule has 0 radical (unpaired) electrons. The molecule has 0 spiro atoms. The van der Waals surface area contributed by atoms with Gasteiger partial charge in [-0.25, -0.2) is 4.79 Å². The summed E-state index contributed by atoms with van der Waals surface area (Å²) in [5.41, 5.74) is 0.0146. The summed E-state index contributed by atoms with van der Waals surface area (Å²) >= 11 is 0. The van der Waals surface area contributed by atoms with Crippen LogP contribution in [0.5, 0.6) is 5.75 Å². The lowest BCUT2D eigenvalue weighted by Crippen LogP contribution is -2.43. The SMILES string of the molecule is COc1ccccc1CCNC(=O)CN1C(=O)NC(C)(C)C1=O. The molecular weight excluding hydrogens is 298 g/mol. The van der Waals surface area contributed by atoms with Gasteiger partial charge >= 0.3 is 6.03 Å². The van der Waals surface area contributed by atoms with E-state index in [1.54, 1.807) is 21.0 Å². The summed E-state index contributed by atoms with van der Waals surface area (Å²) in [7, 11) is 1.59. The molecule has 0 saturated carbocycles. The number of carbonyl (C=O) groups excluding carboxylic acids is 3. The molecule has 124 valence electrons. The Hall–Kier alpha value is -2.57. The minimum Gasteiger partial charge on any atom is -0.496 e. The Kier molecular flexibility index (Phi) is 4.88. The lowest BCUT2D eigenvalue weighted by Gasteiger charge is -2.15. The van der Waals surface area contributed by atoms with Crippen LogP contribution in [0.15, 0.2) is 24.3 Å². The van der Waals surface area contributed by atoms with Gasteiger partial charge in [0.1, 0.15) is 17.8 Å². The molecule has 7 nitrogen and oxygen atoms in total. The Morgan fingerprint density at radius 2 is 2.00 bits per heavy atom. The molecule has 1 aliphatic heterocycles. The number of hydrogen-bond acceptors (Lipinski definition) is 4. The fourth-order valence-electron chi connectivity index (χ4n) is 2.41. The second-order valence-electron chi connectivity index (χ2n) is 5.86. The van der Waals surface area contributed by atoms with Crippen molar-refractivity contribution in [1.82, 2.24) is 15.5 Å². The second kappa shape index (κ2) is 6.68. The van der Waals surface area contributed by atoms with Gasteiger partial charge in [-0.2, -0.15) is 0 Å². The molecule has 2 N–H and O–H groups in total. The quantitative estimate of drug-likeness (QED) is 0.755. The van der Waals surface area contributed by atoms with E-state index in [9.17, 15) is 14.4 Å². The van der Waals surface area contributed by atoms with E-state index >= 15 is 0 Å². The van der Waals surface area contributed by atoms with E-state index in [0.717, 1.165) is 16.2 Å². The van der Waals surface area contributed by atoms with Crippen LogP contribution in [0.25, 0.3) is 0 Å². The average molecular weight is 319 g/mol. The highest BCUT2D eigenvalue weighted by atomic mass is 16.5. The normalized spacial score (nSPS) is 16.2. The summed E-state index contributed by atoms with van der Waals surface area (Å²) in [6.45, 7) is 3.33. The molecule has 0 aromatic heterocycles. The first-order valence-corrected chi connectivity index (χ1v) is 7.38. The summed E-state index contributed by atoms with van der Waals surface area (Å²) in [5, 5.41) is 5.25. The van der Waals surface area contributed by atoms with Gasteiger partial charge in [0.25, 0.3) is 5.91 Å². The first kappa shape index (κ1) is 16.8. The van der Waals surface area contributed by atoms with Gasteiger partial charge in [-0.1, -0.05) is 18.2 Å². The third-order valence-corrected chi connectivity index (χ3v) is 3.66. The van der Waals surface area contributed by atoms with E-state index in [1.165, 1.54) is 0 Å². The number of nitrogens with one attached hydrogen (secondary N) is 2. The first-order valence-electron chi connectivity index (χ1n) is 7.38. The monoisotopic (exact) mass is 319 g/mol. The van der Waals surface area contributed by atoms with Crippen molar-refractivity contribution < 1.29 is 19.1 Å². The zero-order valence-electron chi connectivity index (χ0n) is 13.5. The molecular formula is C16H21N3O4. The molecule has 2 rings (SSSR count). The summed E-state index contributed by atoms with van der Waals surface area (Å²) < 4.78 is 5.24. The first-order chi connectivity index (χ1) is 10.8. The van der Waals surface area contributed by atoms with Crippen LogP contribution in [-0.2, 0) is 16.0 Å². The molecule has 1 fully saturated rings. The number of amides is 4. The topological polar surface area (TPSA) is 87.7 Å². The van der Waals surface area contributed by atoms with Crippen molar-refractivity contribution in [3.05, 3.63) is 29.8 Å². The van der Waals surface area contributed by atoms with Gasteiger partial charge in [0, 0.05) is 6.54 Å². The summed E-state index contributed by atoms with van der Waals surface area (Å²) in [4.78, 5) is 36.6. The zero-order valence-corrected chi connectivity index (χ0v) is 13.5. The van der Waals surface area contributed by atoms with E-state index < -0.39 is 17.5 Å².